The Kier molecular flexibility index (Phi) is 3.66. The summed E-state index contributed by atoms with van der Waals surface area (Å²) in [4.78, 5) is 0. The van der Waals surface area contributed by atoms with E-state index in [2.05, 4.69) is 0 Å². The molecule has 3 nitrogen and oxygen atoms in total. The van der Waals surface area contributed by atoms with Crippen LogP contribution >= 0.6 is 0 Å². The number of ether oxygens (including phenoxy) is 1. The van der Waals surface area contributed by atoms with E-state index in [0.29, 0.717) is 0 Å². The molecule has 1 aliphatic rings. The Bertz CT molecular complexity index is 210. The van der Waals surface area contributed by atoms with Crippen LogP contribution in [-0.2, 0) is 4.74 Å². The van der Waals surface area contributed by atoms with Crippen molar-refractivity contribution in [3.63, 3.8) is 0 Å². The Morgan fingerprint density at radius 1 is 1.54 bits per heavy atom. The lowest BCUT2D eigenvalue weighted by molar-refractivity contribution is -0.0550. The molecular weight excluding hydrogens is 168 g/mol. The summed E-state index contributed by atoms with van der Waals surface area (Å²) < 4.78 is 5.48. The van der Waals surface area contributed by atoms with Crippen LogP contribution in [0.3, 0.4) is 0 Å². The van der Waals surface area contributed by atoms with E-state index < -0.39 is 6.10 Å². The van der Waals surface area contributed by atoms with Crippen molar-refractivity contribution >= 4 is 0 Å². The summed E-state index contributed by atoms with van der Waals surface area (Å²) in [6, 6.07) is 0. The molecule has 0 saturated heterocycles. The van der Waals surface area contributed by atoms with Crippen molar-refractivity contribution < 1.29 is 14.9 Å². The highest BCUT2D eigenvalue weighted by atomic mass is 16.5. The molecule has 1 rings (SSSR count). The molecule has 1 aliphatic carbocycles. The summed E-state index contributed by atoms with van der Waals surface area (Å²) in [6.07, 6.45) is 7.89. The van der Waals surface area contributed by atoms with Gasteiger partial charge in [-0.2, -0.15) is 0 Å². The highest BCUT2D eigenvalue weighted by Gasteiger charge is 2.22. The fourth-order valence-corrected chi connectivity index (χ4v) is 1.15. The number of allylic oxidation sites excluding steroid dienone is 2. The Hall–Kier alpha value is -0.640. The lowest BCUT2D eigenvalue weighted by Crippen LogP contribution is -2.32. The Labute approximate surface area is 78.3 Å². The molecule has 0 aliphatic heterocycles. The minimum absolute atomic E-state index is 0.172. The first-order valence-electron chi connectivity index (χ1n) is 4.43. The molecule has 3 heteroatoms. The van der Waals surface area contributed by atoms with E-state index in [0.717, 1.165) is 6.42 Å². The molecule has 0 heterocycles. The van der Waals surface area contributed by atoms with Gasteiger partial charge in [-0.15, -0.1) is 0 Å². The van der Waals surface area contributed by atoms with Crippen molar-refractivity contribution in [2.75, 3.05) is 13.2 Å². The number of aliphatic hydroxyl groups excluding tert-OH is 2. The van der Waals surface area contributed by atoms with E-state index in [1.807, 2.05) is 31.2 Å². The molecule has 74 valence electrons. The second kappa shape index (κ2) is 4.56. The molecular formula is C10H16O3. The maximum Gasteiger partial charge on any atom is 0.100 e. The van der Waals surface area contributed by atoms with Crippen molar-refractivity contribution in [2.24, 2.45) is 0 Å². The van der Waals surface area contributed by atoms with Crippen LogP contribution in [0.25, 0.3) is 0 Å². The average molecular weight is 184 g/mol. The maximum atomic E-state index is 9.09. The third-order valence-corrected chi connectivity index (χ3v) is 2.04. The summed E-state index contributed by atoms with van der Waals surface area (Å²) in [6.45, 7) is 1.87. The molecule has 0 aromatic heterocycles. The van der Waals surface area contributed by atoms with Gasteiger partial charge in [0.05, 0.1) is 18.8 Å². The van der Waals surface area contributed by atoms with Gasteiger partial charge in [-0.3, -0.25) is 0 Å². The van der Waals surface area contributed by atoms with E-state index in [9.17, 15) is 0 Å². The summed E-state index contributed by atoms with van der Waals surface area (Å²) in [7, 11) is 0. The maximum absolute atomic E-state index is 9.09. The molecule has 0 bridgehead atoms. The molecule has 0 amide bonds. The first-order valence-corrected chi connectivity index (χ1v) is 4.43. The zero-order valence-electron chi connectivity index (χ0n) is 7.81. The van der Waals surface area contributed by atoms with E-state index >= 15 is 0 Å². The van der Waals surface area contributed by atoms with E-state index in [1.165, 1.54) is 0 Å². The third kappa shape index (κ3) is 3.30. The standard InChI is InChI=1S/C10H16O3/c1-10(5-3-2-4-6-10)13-8-9(12)7-11/h2-5,9,11-12H,6-8H2,1H3. The van der Waals surface area contributed by atoms with Gasteiger partial charge in [-0.25, -0.2) is 0 Å². The van der Waals surface area contributed by atoms with Crippen LogP contribution in [0.15, 0.2) is 24.3 Å². The molecule has 2 N–H and O–H groups in total. The number of hydrogen-bond donors (Lipinski definition) is 2. The largest absolute Gasteiger partial charge is 0.394 e. The van der Waals surface area contributed by atoms with Gasteiger partial charge in [0, 0.05) is 0 Å². The van der Waals surface area contributed by atoms with Gasteiger partial charge < -0.3 is 14.9 Å². The molecule has 0 aromatic rings. The van der Waals surface area contributed by atoms with E-state index in [-0.39, 0.29) is 18.8 Å². The minimum atomic E-state index is -0.781. The van der Waals surface area contributed by atoms with E-state index in [4.69, 9.17) is 14.9 Å². The van der Waals surface area contributed by atoms with Gasteiger partial charge in [-0.05, 0) is 13.3 Å². The highest BCUT2D eigenvalue weighted by Crippen LogP contribution is 2.21. The quantitative estimate of drug-likeness (QED) is 0.673. The van der Waals surface area contributed by atoms with Gasteiger partial charge in [0.2, 0.25) is 0 Å². The molecule has 13 heavy (non-hydrogen) atoms. The SMILES string of the molecule is CC1(OCC(O)CO)C=CC=CC1. The second-order valence-electron chi connectivity index (χ2n) is 3.45. The molecule has 2 unspecified atom stereocenters. The highest BCUT2D eigenvalue weighted by molar-refractivity contribution is 5.17. The summed E-state index contributed by atoms with van der Waals surface area (Å²) in [5.41, 5.74) is -0.328. The van der Waals surface area contributed by atoms with Crippen molar-refractivity contribution in [2.45, 2.75) is 25.0 Å². The van der Waals surface area contributed by atoms with Crippen molar-refractivity contribution in [1.82, 2.24) is 0 Å². The first-order chi connectivity index (χ1) is 6.16. The van der Waals surface area contributed by atoms with Crippen LogP contribution in [0.5, 0.6) is 0 Å². The predicted molar refractivity (Wildman–Crippen MR) is 50.3 cm³/mol. The monoisotopic (exact) mass is 184 g/mol. The first kappa shape index (κ1) is 10.4. The molecule has 0 fully saturated rings. The average Bonchev–Trinajstić information content (AvgIpc) is 2.15. The second-order valence-corrected chi connectivity index (χ2v) is 3.45. The van der Waals surface area contributed by atoms with Gasteiger partial charge in [-0.1, -0.05) is 24.3 Å². The van der Waals surface area contributed by atoms with Gasteiger partial charge >= 0.3 is 0 Å². The summed E-state index contributed by atoms with van der Waals surface area (Å²) in [5.74, 6) is 0. The number of aliphatic hydroxyl groups is 2. The van der Waals surface area contributed by atoms with Crippen LogP contribution in [0.4, 0.5) is 0 Å². The van der Waals surface area contributed by atoms with Crippen molar-refractivity contribution in [1.29, 1.82) is 0 Å². The molecule has 0 saturated carbocycles. The van der Waals surface area contributed by atoms with Gasteiger partial charge in [0.15, 0.2) is 0 Å². The smallest absolute Gasteiger partial charge is 0.100 e. The summed E-state index contributed by atoms with van der Waals surface area (Å²) >= 11 is 0. The Balaban J connectivity index is 2.35. The van der Waals surface area contributed by atoms with Crippen LogP contribution in [0.2, 0.25) is 0 Å². The van der Waals surface area contributed by atoms with Crippen LogP contribution in [-0.4, -0.2) is 35.1 Å². The molecule has 2 atom stereocenters. The molecule has 0 radical (unpaired) electrons. The minimum Gasteiger partial charge on any atom is -0.394 e. The van der Waals surface area contributed by atoms with Crippen molar-refractivity contribution in [3.05, 3.63) is 24.3 Å². The fourth-order valence-electron chi connectivity index (χ4n) is 1.15. The van der Waals surface area contributed by atoms with E-state index in [1.54, 1.807) is 0 Å². The summed E-state index contributed by atoms with van der Waals surface area (Å²) in [5, 5.41) is 17.7. The van der Waals surface area contributed by atoms with Crippen molar-refractivity contribution in [3.8, 4) is 0 Å². The van der Waals surface area contributed by atoms with Crippen LogP contribution in [0.1, 0.15) is 13.3 Å². The molecule has 0 aromatic carbocycles. The normalized spacial score (nSPS) is 29.2. The Morgan fingerprint density at radius 3 is 2.85 bits per heavy atom. The lowest BCUT2D eigenvalue weighted by atomic mass is 9.97. The van der Waals surface area contributed by atoms with Gasteiger partial charge in [0.25, 0.3) is 0 Å². The fraction of sp³-hybridized carbons (Fsp3) is 0.600. The number of rotatable bonds is 4. The zero-order valence-corrected chi connectivity index (χ0v) is 7.81. The van der Waals surface area contributed by atoms with Gasteiger partial charge in [0.1, 0.15) is 6.10 Å². The Morgan fingerprint density at radius 2 is 2.31 bits per heavy atom. The number of hydrogen-bond acceptors (Lipinski definition) is 3. The topological polar surface area (TPSA) is 49.7 Å². The lowest BCUT2D eigenvalue weighted by Gasteiger charge is -2.27. The predicted octanol–water partition coefficient (Wildman–Crippen LogP) is 0.631. The third-order valence-electron chi connectivity index (χ3n) is 2.04. The van der Waals surface area contributed by atoms with Crippen LogP contribution in [0, 0.1) is 0 Å². The molecule has 0 spiro atoms. The van der Waals surface area contributed by atoms with Crippen LogP contribution < -0.4 is 0 Å². The zero-order chi connectivity index (χ0) is 9.73.